The summed E-state index contributed by atoms with van der Waals surface area (Å²) in [6.45, 7) is 1.20. The van der Waals surface area contributed by atoms with Crippen molar-refractivity contribution in [3.8, 4) is 0 Å². The fourth-order valence-corrected chi connectivity index (χ4v) is 6.56. The second-order valence-corrected chi connectivity index (χ2v) is 13.3. The number of nitrogens with zero attached hydrogens (tertiary/aromatic N) is 2. The highest BCUT2D eigenvalue weighted by Gasteiger charge is 2.41. The van der Waals surface area contributed by atoms with Crippen molar-refractivity contribution in [1.29, 1.82) is 0 Å². The van der Waals surface area contributed by atoms with Gasteiger partial charge < -0.3 is 15.0 Å². The molecule has 1 heterocycles. The van der Waals surface area contributed by atoms with Crippen molar-refractivity contribution >= 4 is 26.8 Å². The minimum Gasteiger partial charge on any atom is -0.394 e. The molecule has 2 aliphatic carbocycles. The number of carbonyl (C=O) groups excluding carboxylic acids is 1. The Balaban J connectivity index is 1.32. The van der Waals surface area contributed by atoms with Crippen LogP contribution < -0.4 is 5.32 Å². The molecule has 0 bridgehead atoms. The number of aliphatic hydroxyl groups is 1. The molecule has 1 unspecified atom stereocenters. The third-order valence-electron chi connectivity index (χ3n) is 8.23. The van der Waals surface area contributed by atoms with E-state index in [9.17, 15) is 31.5 Å². The summed E-state index contributed by atoms with van der Waals surface area (Å²) >= 11 is 0. The number of carbonyl (C=O) groups is 1. The summed E-state index contributed by atoms with van der Waals surface area (Å²) in [6.07, 6.45) is -0.0865. The number of amides is 1. The van der Waals surface area contributed by atoms with Crippen LogP contribution in [0.1, 0.15) is 79.3 Å². The summed E-state index contributed by atoms with van der Waals surface area (Å²) < 4.78 is 65.7. The molecule has 2 aliphatic rings. The average molecular weight is 578 g/mol. The normalized spacial score (nSPS) is 20.9. The molecule has 40 heavy (non-hydrogen) atoms. The Morgan fingerprint density at radius 2 is 1.75 bits per heavy atom. The first-order chi connectivity index (χ1) is 19.0. The molecule has 3 aromatic rings. The fourth-order valence-electron chi connectivity index (χ4n) is 5.68. The number of hydrogen-bond acceptors (Lipinski definition) is 5. The molecule has 1 atom stereocenters. The van der Waals surface area contributed by atoms with E-state index in [4.69, 9.17) is 4.98 Å². The van der Waals surface area contributed by atoms with Gasteiger partial charge in [0.25, 0.3) is 5.91 Å². The first kappa shape index (κ1) is 28.6. The van der Waals surface area contributed by atoms with E-state index in [1.807, 2.05) is 6.07 Å². The van der Waals surface area contributed by atoms with Crippen LogP contribution in [-0.2, 0) is 16.3 Å². The number of sulfone groups is 1. The Bertz CT molecular complexity index is 1470. The van der Waals surface area contributed by atoms with Crippen molar-refractivity contribution in [2.75, 3.05) is 12.4 Å². The Kier molecular flexibility index (Phi) is 7.98. The van der Waals surface area contributed by atoms with E-state index in [1.165, 1.54) is 12.1 Å². The molecule has 2 fully saturated rings. The summed E-state index contributed by atoms with van der Waals surface area (Å²) in [5.41, 5.74) is 2.51. The lowest BCUT2D eigenvalue weighted by Gasteiger charge is -2.29. The molecule has 1 amide bonds. The van der Waals surface area contributed by atoms with Crippen molar-refractivity contribution in [3.63, 3.8) is 0 Å². The van der Waals surface area contributed by atoms with Gasteiger partial charge in [0.05, 0.1) is 40.2 Å². The molecule has 0 radical (unpaired) electrons. The van der Waals surface area contributed by atoms with Gasteiger partial charge in [0, 0.05) is 18.0 Å². The Hall–Kier alpha value is -2.92. The summed E-state index contributed by atoms with van der Waals surface area (Å²) in [5, 5.41) is 12.7. The number of fused-ring (bicyclic) bond motifs is 1. The van der Waals surface area contributed by atoms with E-state index in [1.54, 1.807) is 31.2 Å². The first-order valence-electron chi connectivity index (χ1n) is 13.8. The van der Waals surface area contributed by atoms with Gasteiger partial charge in [-0.05, 0) is 80.3 Å². The number of imidazole rings is 1. The topological polar surface area (TPSA) is 101 Å². The van der Waals surface area contributed by atoms with Crippen molar-refractivity contribution in [2.24, 2.45) is 11.8 Å². The van der Waals surface area contributed by atoms with Crippen molar-refractivity contribution in [3.05, 3.63) is 59.4 Å². The zero-order valence-corrected chi connectivity index (χ0v) is 23.1. The van der Waals surface area contributed by atoms with E-state index in [0.717, 1.165) is 24.2 Å². The molecule has 2 N–H and O–H groups in total. The average Bonchev–Trinajstić information content (AvgIpc) is 3.71. The number of hydrogen-bond donors (Lipinski definition) is 2. The van der Waals surface area contributed by atoms with Gasteiger partial charge in [-0.25, -0.2) is 13.4 Å². The van der Waals surface area contributed by atoms with Crippen LogP contribution in [0.2, 0.25) is 0 Å². The van der Waals surface area contributed by atoms with Gasteiger partial charge in [0.2, 0.25) is 0 Å². The predicted molar refractivity (Wildman–Crippen MR) is 145 cm³/mol. The van der Waals surface area contributed by atoms with E-state index >= 15 is 0 Å². The second-order valence-electron chi connectivity index (χ2n) is 11.0. The molecular formula is C29H34F3N3O4S. The monoisotopic (exact) mass is 577 g/mol. The van der Waals surface area contributed by atoms with Crippen molar-refractivity contribution in [1.82, 2.24) is 14.9 Å². The minimum absolute atomic E-state index is 0.0214. The second kappa shape index (κ2) is 11.2. The lowest BCUT2D eigenvalue weighted by atomic mass is 9.80. The van der Waals surface area contributed by atoms with Crippen LogP contribution in [0.15, 0.2) is 47.4 Å². The number of aromatic nitrogens is 2. The third-order valence-corrected chi connectivity index (χ3v) is 9.98. The van der Waals surface area contributed by atoms with Gasteiger partial charge in [-0.15, -0.1) is 0 Å². The molecule has 7 nitrogen and oxygen atoms in total. The summed E-state index contributed by atoms with van der Waals surface area (Å²) in [4.78, 5) is 18.1. The van der Waals surface area contributed by atoms with Crippen molar-refractivity contribution in [2.45, 2.75) is 75.0 Å². The Morgan fingerprint density at radius 1 is 1.07 bits per heavy atom. The number of alkyl halides is 3. The van der Waals surface area contributed by atoms with E-state index in [0.29, 0.717) is 41.9 Å². The van der Waals surface area contributed by atoms with Gasteiger partial charge in [-0.1, -0.05) is 19.1 Å². The zero-order valence-electron chi connectivity index (χ0n) is 22.3. The lowest BCUT2D eigenvalue weighted by Crippen LogP contribution is -2.30. The van der Waals surface area contributed by atoms with Crippen LogP contribution in [0.5, 0.6) is 0 Å². The molecule has 5 rings (SSSR count). The first-order valence-corrected chi connectivity index (χ1v) is 15.5. The van der Waals surface area contributed by atoms with E-state index < -0.39 is 33.9 Å². The standard InChI is InChI=1S/C29H34F3N3O4S/c1-2-40(38,39)23-12-5-19(6-13-23)25(17-36)34-28(37)20-7-14-26-24(16-20)33-27(35(26)22-10-11-22)15-18-3-8-21(9-4-18)29(30,31)32/h5-7,12-14,16,18,21-22,25,36H,2-4,8-11,15,17H2,1H3,(H,34,37). The highest BCUT2D eigenvalue weighted by atomic mass is 32.2. The number of aliphatic hydroxyl groups excluding tert-OH is 1. The van der Waals surface area contributed by atoms with Crippen LogP contribution in [-0.4, -0.2) is 47.5 Å². The third kappa shape index (κ3) is 6.05. The molecule has 2 aromatic carbocycles. The maximum Gasteiger partial charge on any atom is 0.391 e. The molecule has 0 aliphatic heterocycles. The molecule has 0 spiro atoms. The number of benzene rings is 2. The SMILES string of the molecule is CCS(=O)(=O)c1ccc(C(CO)NC(=O)c2ccc3c(c2)nc(CC2CCC(C(F)(F)F)CC2)n3C2CC2)cc1. The van der Waals surface area contributed by atoms with Crippen LogP contribution >= 0.6 is 0 Å². The van der Waals surface area contributed by atoms with Crippen LogP contribution in [0.25, 0.3) is 11.0 Å². The minimum atomic E-state index is -4.13. The van der Waals surface area contributed by atoms with Gasteiger partial charge in [-0.3, -0.25) is 4.79 Å². The van der Waals surface area contributed by atoms with Crippen LogP contribution in [0.3, 0.4) is 0 Å². The number of rotatable bonds is 9. The highest BCUT2D eigenvalue weighted by molar-refractivity contribution is 7.91. The molecule has 11 heteroatoms. The summed E-state index contributed by atoms with van der Waals surface area (Å²) in [5.74, 6) is -0.622. The van der Waals surface area contributed by atoms with Gasteiger partial charge in [0.15, 0.2) is 9.84 Å². The van der Waals surface area contributed by atoms with Gasteiger partial charge in [-0.2, -0.15) is 13.2 Å². The molecule has 2 saturated carbocycles. The molecular weight excluding hydrogens is 543 g/mol. The highest BCUT2D eigenvalue weighted by Crippen LogP contribution is 2.43. The maximum absolute atomic E-state index is 13.1. The maximum atomic E-state index is 13.1. The van der Waals surface area contributed by atoms with Crippen LogP contribution in [0, 0.1) is 11.8 Å². The lowest BCUT2D eigenvalue weighted by molar-refractivity contribution is -0.183. The zero-order chi connectivity index (χ0) is 28.7. The van der Waals surface area contributed by atoms with E-state index in [2.05, 4.69) is 9.88 Å². The number of nitrogens with one attached hydrogen (secondary N) is 1. The fraction of sp³-hybridized carbons (Fsp3) is 0.517. The summed E-state index contributed by atoms with van der Waals surface area (Å²) in [6, 6.07) is 11.0. The van der Waals surface area contributed by atoms with Crippen molar-refractivity contribution < 1.29 is 31.5 Å². The Labute approximate surface area is 231 Å². The Morgan fingerprint density at radius 3 is 2.33 bits per heavy atom. The van der Waals surface area contributed by atoms with Gasteiger partial charge in [0.1, 0.15) is 5.82 Å². The van der Waals surface area contributed by atoms with Gasteiger partial charge >= 0.3 is 6.18 Å². The van der Waals surface area contributed by atoms with E-state index in [-0.39, 0.29) is 36.0 Å². The summed E-state index contributed by atoms with van der Waals surface area (Å²) in [7, 11) is -3.36. The number of halogens is 3. The molecule has 0 saturated heterocycles. The smallest absolute Gasteiger partial charge is 0.391 e. The van der Waals surface area contributed by atoms with Crippen LogP contribution in [0.4, 0.5) is 13.2 Å². The predicted octanol–water partition coefficient (Wildman–Crippen LogP) is 5.54. The molecule has 1 aromatic heterocycles. The molecule has 216 valence electrons. The largest absolute Gasteiger partial charge is 0.394 e. The quantitative estimate of drug-likeness (QED) is 0.348.